The third kappa shape index (κ3) is 4.48. The molecule has 1 atom stereocenters. The summed E-state index contributed by atoms with van der Waals surface area (Å²) in [4.78, 5) is 6.33. The Bertz CT molecular complexity index is 798. The van der Waals surface area contributed by atoms with Crippen LogP contribution in [0.4, 0.5) is 5.69 Å². The molecule has 130 valence electrons. The first kappa shape index (κ1) is 17.2. The van der Waals surface area contributed by atoms with Gasteiger partial charge in [0.15, 0.2) is 0 Å². The van der Waals surface area contributed by atoms with Crippen molar-refractivity contribution in [3.05, 3.63) is 83.9 Å². The fraction of sp³-hybridized carbons (Fsp3) is 0.286. The van der Waals surface area contributed by atoms with Gasteiger partial charge in [-0.2, -0.15) is 0 Å². The molecule has 0 saturated heterocycles. The highest BCUT2D eigenvalue weighted by atomic mass is 16.3. The maximum atomic E-state index is 10.5. The fourth-order valence-electron chi connectivity index (χ4n) is 2.97. The molecule has 4 nitrogen and oxygen atoms in total. The lowest BCUT2D eigenvalue weighted by atomic mass is 10.1. The first-order valence-corrected chi connectivity index (χ1v) is 8.71. The zero-order valence-electron chi connectivity index (χ0n) is 14.8. The molecule has 0 spiro atoms. The molecule has 0 bridgehead atoms. The van der Waals surface area contributed by atoms with Gasteiger partial charge in [-0.15, -0.1) is 0 Å². The number of hydrogen-bond donors (Lipinski definition) is 1. The molecule has 0 amide bonds. The zero-order valence-corrected chi connectivity index (χ0v) is 14.8. The van der Waals surface area contributed by atoms with E-state index in [4.69, 9.17) is 0 Å². The van der Waals surface area contributed by atoms with E-state index < -0.39 is 6.23 Å². The molecular formula is C21H25N3O. The number of aliphatic hydroxyl groups excluding tert-OH is 1. The molecule has 1 N–H and O–H groups in total. The van der Waals surface area contributed by atoms with Crippen LogP contribution in [-0.4, -0.2) is 20.9 Å². The van der Waals surface area contributed by atoms with Crippen LogP contribution in [0.3, 0.4) is 0 Å². The predicted octanol–water partition coefficient (Wildman–Crippen LogP) is 3.97. The standard InChI is InChI=1S/C21H25N3O/c1-3-21(25)24(15-18-8-5-4-6-9-18)20-11-7-10-19(12-20)14-23-13-17(2)22-16-23/h4-13,16,21,25H,3,14-15H2,1-2H3/t21-/m1/s1. The number of nitrogens with zero attached hydrogens (tertiary/aromatic N) is 3. The highest BCUT2D eigenvalue weighted by molar-refractivity contribution is 5.49. The van der Waals surface area contributed by atoms with Gasteiger partial charge in [0.25, 0.3) is 0 Å². The molecule has 0 aliphatic heterocycles. The van der Waals surface area contributed by atoms with Crippen molar-refractivity contribution in [2.24, 2.45) is 0 Å². The van der Waals surface area contributed by atoms with Gasteiger partial charge in [0.2, 0.25) is 0 Å². The molecule has 4 heteroatoms. The Balaban J connectivity index is 1.83. The number of rotatable bonds is 7. The number of hydrogen-bond acceptors (Lipinski definition) is 3. The minimum atomic E-state index is -0.508. The van der Waals surface area contributed by atoms with Crippen LogP contribution in [0.2, 0.25) is 0 Å². The fourth-order valence-corrected chi connectivity index (χ4v) is 2.97. The van der Waals surface area contributed by atoms with Crippen LogP contribution in [0.15, 0.2) is 67.1 Å². The van der Waals surface area contributed by atoms with Crippen molar-refractivity contribution in [2.75, 3.05) is 4.90 Å². The molecule has 0 saturated carbocycles. The summed E-state index contributed by atoms with van der Waals surface area (Å²) in [6.45, 7) is 5.45. The van der Waals surface area contributed by atoms with Gasteiger partial charge in [-0.25, -0.2) is 4.98 Å². The van der Waals surface area contributed by atoms with E-state index in [0.717, 1.165) is 17.9 Å². The number of imidazole rings is 1. The second-order valence-electron chi connectivity index (χ2n) is 6.36. The van der Waals surface area contributed by atoms with Crippen LogP contribution in [0.25, 0.3) is 0 Å². The van der Waals surface area contributed by atoms with Crippen molar-refractivity contribution in [3.8, 4) is 0 Å². The van der Waals surface area contributed by atoms with Crippen LogP contribution in [0.5, 0.6) is 0 Å². The molecule has 1 aromatic heterocycles. The summed E-state index contributed by atoms with van der Waals surface area (Å²) in [6.07, 6.45) is 4.06. The Morgan fingerprint density at radius 1 is 1.08 bits per heavy atom. The van der Waals surface area contributed by atoms with Crippen LogP contribution >= 0.6 is 0 Å². The Morgan fingerprint density at radius 2 is 1.84 bits per heavy atom. The lowest BCUT2D eigenvalue weighted by Gasteiger charge is -2.30. The third-order valence-corrected chi connectivity index (χ3v) is 4.29. The van der Waals surface area contributed by atoms with Crippen LogP contribution in [0, 0.1) is 6.92 Å². The number of aryl methyl sites for hydroxylation is 1. The van der Waals surface area contributed by atoms with E-state index >= 15 is 0 Å². The van der Waals surface area contributed by atoms with Gasteiger partial charge >= 0.3 is 0 Å². The Hall–Kier alpha value is -2.59. The van der Waals surface area contributed by atoms with Crippen molar-refractivity contribution in [2.45, 2.75) is 39.6 Å². The van der Waals surface area contributed by atoms with Crippen molar-refractivity contribution in [1.82, 2.24) is 9.55 Å². The summed E-state index contributed by atoms with van der Waals surface area (Å²) < 4.78 is 2.08. The molecule has 0 aliphatic rings. The Morgan fingerprint density at radius 3 is 2.52 bits per heavy atom. The average Bonchev–Trinajstić information content (AvgIpc) is 3.05. The van der Waals surface area contributed by atoms with E-state index in [1.807, 2.05) is 44.6 Å². The number of anilines is 1. The SMILES string of the molecule is CC[C@@H](O)N(Cc1ccccc1)c1cccc(Cn2cnc(C)c2)c1. The van der Waals surface area contributed by atoms with Crippen molar-refractivity contribution in [1.29, 1.82) is 0 Å². The molecule has 25 heavy (non-hydrogen) atoms. The highest BCUT2D eigenvalue weighted by Crippen LogP contribution is 2.22. The first-order valence-electron chi connectivity index (χ1n) is 8.71. The summed E-state index contributed by atoms with van der Waals surface area (Å²) in [6, 6.07) is 18.6. The van der Waals surface area contributed by atoms with Crippen LogP contribution in [-0.2, 0) is 13.1 Å². The van der Waals surface area contributed by atoms with E-state index in [1.54, 1.807) is 0 Å². The summed E-state index contributed by atoms with van der Waals surface area (Å²) >= 11 is 0. The van der Waals surface area contributed by atoms with Gasteiger partial charge in [-0.1, -0.05) is 49.4 Å². The van der Waals surface area contributed by atoms with E-state index in [-0.39, 0.29) is 0 Å². The van der Waals surface area contributed by atoms with Gasteiger partial charge in [0.05, 0.1) is 12.0 Å². The second-order valence-corrected chi connectivity index (χ2v) is 6.36. The largest absolute Gasteiger partial charge is 0.374 e. The van der Waals surface area contributed by atoms with Crippen LogP contribution < -0.4 is 4.90 Å². The molecule has 3 rings (SSSR count). The minimum Gasteiger partial charge on any atom is -0.374 e. The Labute approximate surface area is 149 Å². The van der Waals surface area contributed by atoms with Crippen LogP contribution in [0.1, 0.15) is 30.2 Å². The smallest absolute Gasteiger partial charge is 0.126 e. The van der Waals surface area contributed by atoms with E-state index in [9.17, 15) is 5.11 Å². The molecule has 0 fully saturated rings. The minimum absolute atomic E-state index is 0.508. The number of benzene rings is 2. The van der Waals surface area contributed by atoms with Crippen molar-refractivity contribution >= 4 is 5.69 Å². The predicted molar refractivity (Wildman–Crippen MR) is 101 cm³/mol. The molecule has 0 unspecified atom stereocenters. The number of aromatic nitrogens is 2. The van der Waals surface area contributed by atoms with Crippen molar-refractivity contribution < 1.29 is 5.11 Å². The quantitative estimate of drug-likeness (QED) is 0.664. The monoisotopic (exact) mass is 335 g/mol. The third-order valence-electron chi connectivity index (χ3n) is 4.29. The van der Waals surface area contributed by atoms with E-state index in [2.05, 4.69) is 50.8 Å². The molecular weight excluding hydrogens is 310 g/mol. The van der Waals surface area contributed by atoms with Gasteiger partial charge in [0, 0.05) is 25.0 Å². The topological polar surface area (TPSA) is 41.3 Å². The lowest BCUT2D eigenvalue weighted by Crippen LogP contribution is -2.34. The molecule has 0 radical (unpaired) electrons. The summed E-state index contributed by atoms with van der Waals surface area (Å²) in [5, 5.41) is 10.5. The summed E-state index contributed by atoms with van der Waals surface area (Å²) in [7, 11) is 0. The van der Waals surface area contributed by atoms with E-state index in [1.165, 1.54) is 11.1 Å². The van der Waals surface area contributed by atoms with Gasteiger partial charge in [-0.3, -0.25) is 0 Å². The maximum Gasteiger partial charge on any atom is 0.126 e. The summed E-state index contributed by atoms with van der Waals surface area (Å²) in [5.74, 6) is 0. The summed E-state index contributed by atoms with van der Waals surface area (Å²) in [5.41, 5.74) is 4.43. The zero-order chi connectivity index (χ0) is 17.6. The molecule has 3 aromatic rings. The number of aliphatic hydroxyl groups is 1. The highest BCUT2D eigenvalue weighted by Gasteiger charge is 2.15. The van der Waals surface area contributed by atoms with E-state index in [0.29, 0.717) is 13.0 Å². The molecule has 2 aromatic carbocycles. The lowest BCUT2D eigenvalue weighted by molar-refractivity contribution is 0.162. The second kappa shape index (κ2) is 7.99. The first-order chi connectivity index (χ1) is 12.2. The van der Waals surface area contributed by atoms with Gasteiger partial charge < -0.3 is 14.6 Å². The average molecular weight is 335 g/mol. The van der Waals surface area contributed by atoms with Crippen molar-refractivity contribution in [3.63, 3.8) is 0 Å². The Kier molecular flexibility index (Phi) is 5.51. The van der Waals surface area contributed by atoms with Gasteiger partial charge in [-0.05, 0) is 36.6 Å². The maximum absolute atomic E-state index is 10.5. The normalized spacial score (nSPS) is 12.1. The van der Waals surface area contributed by atoms with Gasteiger partial charge in [0.1, 0.15) is 6.23 Å². The molecule has 0 aliphatic carbocycles. The molecule has 1 heterocycles.